The number of rotatable bonds is 5. The molecule has 0 radical (unpaired) electrons. The van der Waals surface area contributed by atoms with Crippen molar-refractivity contribution in [1.29, 1.82) is 0 Å². The van der Waals surface area contributed by atoms with Crippen molar-refractivity contribution in [1.82, 2.24) is 19.8 Å². The molecule has 0 spiro atoms. The largest absolute Gasteiger partial charge is 0.343 e. The molecule has 1 aromatic heterocycles. The molecule has 0 saturated heterocycles. The maximum Gasteiger partial charge on any atom is 0.261 e. The van der Waals surface area contributed by atoms with E-state index in [4.69, 9.17) is 0 Å². The number of carbonyl (C=O) groups is 3. The van der Waals surface area contributed by atoms with Gasteiger partial charge < -0.3 is 9.88 Å². The predicted octanol–water partition coefficient (Wildman–Crippen LogP) is 3.57. The highest BCUT2D eigenvalue weighted by molar-refractivity contribution is 6.21. The lowest BCUT2D eigenvalue weighted by molar-refractivity contribution is 0.0693. The van der Waals surface area contributed by atoms with Gasteiger partial charge in [0.05, 0.1) is 34.5 Å². The van der Waals surface area contributed by atoms with E-state index in [0.717, 1.165) is 21.5 Å². The van der Waals surface area contributed by atoms with Crippen molar-refractivity contribution in [2.75, 3.05) is 7.05 Å². The van der Waals surface area contributed by atoms with E-state index in [0.29, 0.717) is 6.54 Å². The molecular formula is C25H19FN4O3. The molecule has 2 heterocycles. The molecule has 33 heavy (non-hydrogen) atoms. The summed E-state index contributed by atoms with van der Waals surface area (Å²) < 4.78 is 15.4. The lowest BCUT2D eigenvalue weighted by Gasteiger charge is -2.20. The molecule has 1 unspecified atom stereocenters. The van der Waals surface area contributed by atoms with Gasteiger partial charge in [0.2, 0.25) is 0 Å². The highest BCUT2D eigenvalue weighted by Gasteiger charge is 2.33. The number of para-hydroxylation sites is 2. The molecule has 4 aromatic rings. The number of hydrogen-bond donors (Lipinski definition) is 1. The van der Waals surface area contributed by atoms with Crippen LogP contribution in [0.1, 0.15) is 42.7 Å². The third-order valence-electron chi connectivity index (χ3n) is 5.84. The standard InChI is InChI=1S/C25H19FN4O3/c1-29-24(32)18-11-8-16(12-19(18)25(29)33)23(31)28-21(15-6-9-17(26)10-7-15)13-30-14-27-20-4-2-3-5-22(20)30/h2-12,14,21H,13H2,1H3,(H,28,31). The Morgan fingerprint density at radius 2 is 1.73 bits per heavy atom. The van der Waals surface area contributed by atoms with Crippen LogP contribution in [0.15, 0.2) is 73.1 Å². The lowest BCUT2D eigenvalue weighted by atomic mass is 10.0. The Bertz CT molecular complexity index is 1410. The monoisotopic (exact) mass is 442 g/mol. The van der Waals surface area contributed by atoms with Gasteiger partial charge in [0, 0.05) is 19.2 Å². The normalized spacial score (nSPS) is 13.9. The highest BCUT2D eigenvalue weighted by Crippen LogP contribution is 2.24. The molecule has 1 aliphatic rings. The number of halogens is 1. The summed E-state index contributed by atoms with van der Waals surface area (Å²) >= 11 is 0. The van der Waals surface area contributed by atoms with Crippen LogP contribution in [0.3, 0.4) is 0 Å². The molecule has 1 N–H and O–H groups in total. The Morgan fingerprint density at radius 3 is 2.52 bits per heavy atom. The van der Waals surface area contributed by atoms with Gasteiger partial charge in [-0.3, -0.25) is 19.3 Å². The van der Waals surface area contributed by atoms with Crippen LogP contribution < -0.4 is 5.32 Å². The summed E-state index contributed by atoms with van der Waals surface area (Å²) in [6.45, 7) is 0.364. The molecule has 0 bridgehead atoms. The highest BCUT2D eigenvalue weighted by atomic mass is 19.1. The fourth-order valence-electron chi connectivity index (χ4n) is 4.03. The first-order chi connectivity index (χ1) is 15.9. The molecule has 0 aliphatic carbocycles. The van der Waals surface area contributed by atoms with Crippen molar-refractivity contribution in [3.63, 3.8) is 0 Å². The Morgan fingerprint density at radius 1 is 1.00 bits per heavy atom. The van der Waals surface area contributed by atoms with E-state index < -0.39 is 23.8 Å². The molecule has 0 saturated carbocycles. The minimum absolute atomic E-state index is 0.203. The average Bonchev–Trinajstić information content (AvgIpc) is 3.33. The summed E-state index contributed by atoms with van der Waals surface area (Å²) in [6.07, 6.45) is 1.70. The molecule has 1 atom stereocenters. The van der Waals surface area contributed by atoms with Gasteiger partial charge in [-0.15, -0.1) is 0 Å². The van der Waals surface area contributed by atoms with Crippen LogP contribution in [0, 0.1) is 5.82 Å². The van der Waals surface area contributed by atoms with Crippen molar-refractivity contribution in [2.24, 2.45) is 0 Å². The first-order valence-corrected chi connectivity index (χ1v) is 10.3. The van der Waals surface area contributed by atoms with E-state index in [-0.39, 0.29) is 22.5 Å². The zero-order valence-electron chi connectivity index (χ0n) is 17.7. The topological polar surface area (TPSA) is 84.3 Å². The van der Waals surface area contributed by atoms with Gasteiger partial charge >= 0.3 is 0 Å². The number of benzene rings is 3. The van der Waals surface area contributed by atoms with Crippen molar-refractivity contribution < 1.29 is 18.8 Å². The molecule has 3 aromatic carbocycles. The zero-order chi connectivity index (χ0) is 23.1. The van der Waals surface area contributed by atoms with Crippen LogP contribution in [0.2, 0.25) is 0 Å². The SMILES string of the molecule is CN1C(=O)c2ccc(C(=O)NC(Cn3cnc4ccccc43)c3ccc(F)cc3)cc2C1=O. The number of nitrogens with zero attached hydrogens (tertiary/aromatic N) is 3. The fraction of sp³-hybridized carbons (Fsp3) is 0.120. The number of fused-ring (bicyclic) bond motifs is 2. The van der Waals surface area contributed by atoms with Crippen LogP contribution in [0.25, 0.3) is 11.0 Å². The summed E-state index contributed by atoms with van der Waals surface area (Å²) in [7, 11) is 1.41. The lowest BCUT2D eigenvalue weighted by Crippen LogP contribution is -2.31. The quantitative estimate of drug-likeness (QED) is 0.479. The van der Waals surface area contributed by atoms with Crippen molar-refractivity contribution in [2.45, 2.75) is 12.6 Å². The third-order valence-corrected chi connectivity index (χ3v) is 5.84. The van der Waals surface area contributed by atoms with Crippen LogP contribution in [0.5, 0.6) is 0 Å². The van der Waals surface area contributed by atoms with Gasteiger partial charge in [0.15, 0.2) is 0 Å². The summed E-state index contributed by atoms with van der Waals surface area (Å²) in [6, 6.07) is 17.5. The Hall–Kier alpha value is -4.33. The molecule has 1 aliphatic heterocycles. The van der Waals surface area contributed by atoms with E-state index in [1.165, 1.54) is 37.4 Å². The number of imidazole rings is 1. The van der Waals surface area contributed by atoms with Gasteiger partial charge in [-0.25, -0.2) is 9.37 Å². The molecule has 8 heteroatoms. The maximum atomic E-state index is 13.5. The minimum Gasteiger partial charge on any atom is -0.343 e. The van der Waals surface area contributed by atoms with Gasteiger partial charge in [-0.2, -0.15) is 0 Å². The van der Waals surface area contributed by atoms with E-state index in [2.05, 4.69) is 10.3 Å². The minimum atomic E-state index is -0.496. The number of carbonyl (C=O) groups excluding carboxylic acids is 3. The first-order valence-electron chi connectivity index (χ1n) is 10.3. The van der Waals surface area contributed by atoms with E-state index in [1.807, 2.05) is 28.8 Å². The summed E-state index contributed by atoms with van der Waals surface area (Å²) in [5, 5.41) is 2.98. The molecule has 3 amide bonds. The van der Waals surface area contributed by atoms with Crippen molar-refractivity contribution in [3.05, 3.63) is 101 Å². The van der Waals surface area contributed by atoms with Crippen LogP contribution in [0.4, 0.5) is 4.39 Å². The van der Waals surface area contributed by atoms with Crippen LogP contribution in [-0.2, 0) is 6.54 Å². The Kier molecular flexibility index (Phi) is 4.97. The molecule has 0 fully saturated rings. The van der Waals surface area contributed by atoms with Crippen LogP contribution in [-0.4, -0.2) is 39.2 Å². The van der Waals surface area contributed by atoms with Crippen molar-refractivity contribution in [3.8, 4) is 0 Å². The molecule has 5 rings (SSSR count). The van der Waals surface area contributed by atoms with Gasteiger partial charge in [-0.05, 0) is 48.0 Å². The number of aromatic nitrogens is 2. The van der Waals surface area contributed by atoms with E-state index in [1.54, 1.807) is 18.5 Å². The Labute approximate surface area is 188 Å². The van der Waals surface area contributed by atoms with E-state index in [9.17, 15) is 18.8 Å². The number of amides is 3. The molecule has 164 valence electrons. The number of imide groups is 1. The number of hydrogen-bond acceptors (Lipinski definition) is 4. The second-order valence-corrected chi connectivity index (χ2v) is 7.89. The van der Waals surface area contributed by atoms with Gasteiger partial charge in [-0.1, -0.05) is 24.3 Å². The van der Waals surface area contributed by atoms with Gasteiger partial charge in [0.25, 0.3) is 17.7 Å². The van der Waals surface area contributed by atoms with Crippen molar-refractivity contribution >= 4 is 28.8 Å². The van der Waals surface area contributed by atoms with E-state index >= 15 is 0 Å². The summed E-state index contributed by atoms with van der Waals surface area (Å²) in [5.41, 5.74) is 3.19. The first kappa shape index (κ1) is 20.6. The number of nitrogens with one attached hydrogen (secondary N) is 1. The smallest absolute Gasteiger partial charge is 0.261 e. The Balaban J connectivity index is 1.46. The fourth-order valence-corrected chi connectivity index (χ4v) is 4.03. The average molecular weight is 442 g/mol. The second-order valence-electron chi connectivity index (χ2n) is 7.89. The third kappa shape index (κ3) is 3.65. The predicted molar refractivity (Wildman–Crippen MR) is 119 cm³/mol. The van der Waals surface area contributed by atoms with Crippen LogP contribution >= 0.6 is 0 Å². The van der Waals surface area contributed by atoms with Gasteiger partial charge in [0.1, 0.15) is 5.82 Å². The molecular weight excluding hydrogens is 423 g/mol. The maximum absolute atomic E-state index is 13.5. The summed E-state index contributed by atoms with van der Waals surface area (Å²) in [5.74, 6) is -1.61. The summed E-state index contributed by atoms with van der Waals surface area (Å²) in [4.78, 5) is 43.0. The molecule has 7 nitrogen and oxygen atoms in total. The zero-order valence-corrected chi connectivity index (χ0v) is 17.7. The second kappa shape index (κ2) is 7.98.